The lowest BCUT2D eigenvalue weighted by Gasteiger charge is -2.30. The van der Waals surface area contributed by atoms with Crippen molar-refractivity contribution in [1.29, 1.82) is 0 Å². The molecule has 0 aliphatic carbocycles. The van der Waals surface area contributed by atoms with Gasteiger partial charge in [0.05, 0.1) is 23.1 Å². The van der Waals surface area contributed by atoms with E-state index in [2.05, 4.69) is 30.2 Å². The first kappa shape index (κ1) is 25.7. The molecule has 40 heavy (non-hydrogen) atoms. The first-order valence-corrected chi connectivity index (χ1v) is 13.9. The molecule has 3 atom stereocenters. The minimum Gasteiger partial charge on any atom is -0.383 e. The highest BCUT2D eigenvalue weighted by Gasteiger charge is 2.37. The number of carbonyl (C=O) groups is 2. The van der Waals surface area contributed by atoms with E-state index in [1.807, 2.05) is 36.3 Å². The van der Waals surface area contributed by atoms with Gasteiger partial charge in [-0.05, 0) is 39.2 Å². The number of nitrogen functional groups attached to an aromatic ring is 1. The topological polar surface area (TPSA) is 161 Å². The summed E-state index contributed by atoms with van der Waals surface area (Å²) in [5.41, 5.74) is 10.4. The van der Waals surface area contributed by atoms with Crippen LogP contribution < -0.4 is 5.73 Å². The van der Waals surface area contributed by atoms with Gasteiger partial charge in [-0.2, -0.15) is 14.7 Å². The Morgan fingerprint density at radius 2 is 2.05 bits per heavy atom. The van der Waals surface area contributed by atoms with Crippen molar-refractivity contribution in [3.8, 4) is 21.8 Å². The van der Waals surface area contributed by atoms with Crippen molar-refractivity contribution in [2.45, 2.75) is 58.0 Å². The molecule has 5 aromatic heterocycles. The van der Waals surface area contributed by atoms with Crippen LogP contribution in [0.2, 0.25) is 0 Å². The lowest BCUT2D eigenvalue weighted by molar-refractivity contribution is 0.0654. The predicted molar refractivity (Wildman–Crippen MR) is 150 cm³/mol. The number of H-pyrrole nitrogens is 1. The van der Waals surface area contributed by atoms with E-state index < -0.39 is 0 Å². The maximum Gasteiger partial charge on any atom is 0.291 e. The van der Waals surface area contributed by atoms with Crippen LogP contribution in [0.3, 0.4) is 0 Å². The Bertz CT molecular complexity index is 1680. The van der Waals surface area contributed by atoms with Crippen molar-refractivity contribution in [3.05, 3.63) is 59.5 Å². The predicted octanol–water partition coefficient (Wildman–Crippen LogP) is 4.00. The number of hydrogen-bond acceptors (Lipinski definition) is 10. The van der Waals surface area contributed by atoms with Crippen LogP contribution in [0.25, 0.3) is 27.5 Å². The van der Waals surface area contributed by atoms with Crippen molar-refractivity contribution < 1.29 is 9.59 Å². The van der Waals surface area contributed by atoms with E-state index in [0.29, 0.717) is 23.3 Å². The third kappa shape index (κ3) is 4.41. The van der Waals surface area contributed by atoms with Crippen LogP contribution in [0.1, 0.15) is 72.6 Å². The molecule has 204 valence electrons. The number of nitrogens with one attached hydrogen (secondary N) is 1. The lowest BCUT2D eigenvalue weighted by Crippen LogP contribution is -2.41. The molecule has 0 saturated carbocycles. The summed E-state index contributed by atoms with van der Waals surface area (Å²) in [7, 11) is 0. The van der Waals surface area contributed by atoms with Gasteiger partial charge in [-0.3, -0.25) is 19.7 Å². The van der Waals surface area contributed by atoms with E-state index in [4.69, 9.17) is 10.7 Å². The highest BCUT2D eigenvalue weighted by Crippen LogP contribution is 2.36. The normalized spacial score (nSPS) is 17.9. The lowest BCUT2D eigenvalue weighted by atomic mass is 9.92. The minimum atomic E-state index is -0.186. The molecule has 1 fully saturated rings. The average molecular weight is 557 g/mol. The molecule has 3 unspecified atom stereocenters. The van der Waals surface area contributed by atoms with Crippen LogP contribution in [0, 0.1) is 0 Å². The van der Waals surface area contributed by atoms with E-state index in [1.165, 1.54) is 29.1 Å². The van der Waals surface area contributed by atoms with Crippen LogP contribution in [-0.2, 0) is 0 Å². The van der Waals surface area contributed by atoms with E-state index in [9.17, 15) is 9.59 Å². The summed E-state index contributed by atoms with van der Waals surface area (Å²) in [5, 5.41) is 13.7. The highest BCUT2D eigenvalue weighted by atomic mass is 32.1. The fourth-order valence-electron chi connectivity index (χ4n) is 5.60. The largest absolute Gasteiger partial charge is 0.383 e. The number of nitrogens with two attached hydrogens (primary N) is 1. The first-order chi connectivity index (χ1) is 19.3. The summed E-state index contributed by atoms with van der Waals surface area (Å²) in [4.78, 5) is 45.8. The highest BCUT2D eigenvalue weighted by molar-refractivity contribution is 7.13. The quantitative estimate of drug-likeness (QED) is 0.282. The Balaban J connectivity index is 1.36. The molecule has 0 bridgehead atoms. The van der Waals surface area contributed by atoms with Crippen LogP contribution >= 0.6 is 11.3 Å². The zero-order valence-electron chi connectivity index (χ0n) is 22.3. The summed E-state index contributed by atoms with van der Waals surface area (Å²) in [6, 6.07) is 3.88. The second-order valence-corrected chi connectivity index (χ2v) is 11.0. The molecule has 3 N–H and O–H groups in total. The second-order valence-electron chi connectivity index (χ2n) is 10.1. The summed E-state index contributed by atoms with van der Waals surface area (Å²) in [5.74, 6) is -0.0686. The van der Waals surface area contributed by atoms with E-state index in [0.717, 1.165) is 34.7 Å². The van der Waals surface area contributed by atoms with Gasteiger partial charge in [-0.25, -0.2) is 15.0 Å². The Hall–Kier alpha value is -4.52. The van der Waals surface area contributed by atoms with E-state index >= 15 is 0 Å². The molecule has 1 saturated heterocycles. The zero-order chi connectivity index (χ0) is 28.0. The van der Waals surface area contributed by atoms with Gasteiger partial charge in [0.15, 0.2) is 11.4 Å². The van der Waals surface area contributed by atoms with Crippen LogP contribution in [0.15, 0.2) is 42.4 Å². The molecule has 1 aliphatic rings. The number of Topliss-reactive ketones (excluding diaryl/α,β-unsaturated/α-hetero) is 1. The molecule has 12 nitrogen and oxygen atoms in total. The van der Waals surface area contributed by atoms with E-state index in [-0.39, 0.29) is 41.3 Å². The van der Waals surface area contributed by atoms with Crippen molar-refractivity contribution in [3.63, 3.8) is 0 Å². The van der Waals surface area contributed by atoms with Crippen molar-refractivity contribution in [2.75, 3.05) is 5.73 Å². The van der Waals surface area contributed by atoms with Gasteiger partial charge in [0.25, 0.3) is 5.91 Å². The summed E-state index contributed by atoms with van der Waals surface area (Å²) in [6.45, 7) is 5.54. The SMILES string of the molecule is CC(=O)c1c(C(C)CC2CCC(C)N2C(=O)c2ncn[nH]2)nc2c(-c3ccc(-c4nccs4)nc3)cnn2c1N. The number of nitrogens with zero attached hydrogens (tertiary/aromatic N) is 8. The number of pyridine rings is 1. The smallest absolute Gasteiger partial charge is 0.291 e. The fraction of sp³-hybridized carbons (Fsp3) is 0.333. The van der Waals surface area contributed by atoms with Gasteiger partial charge in [-0.1, -0.05) is 13.0 Å². The molecule has 0 spiro atoms. The Labute approximate surface area is 233 Å². The molecule has 5 aromatic rings. The number of anilines is 1. The molecular formula is C27H28N10O2S. The second kappa shape index (κ2) is 10.2. The van der Waals surface area contributed by atoms with Gasteiger partial charge < -0.3 is 10.6 Å². The van der Waals surface area contributed by atoms with Gasteiger partial charge in [0.2, 0.25) is 5.82 Å². The van der Waals surface area contributed by atoms with Crippen LogP contribution in [-0.4, -0.2) is 68.4 Å². The number of ketones is 1. The average Bonchev–Trinajstić information content (AvgIpc) is 3.76. The first-order valence-electron chi connectivity index (χ1n) is 13.1. The number of thiazole rings is 1. The third-order valence-corrected chi connectivity index (χ3v) is 8.31. The van der Waals surface area contributed by atoms with E-state index in [1.54, 1.807) is 18.6 Å². The molecule has 6 rings (SSSR count). The maximum absolute atomic E-state index is 13.2. The summed E-state index contributed by atoms with van der Waals surface area (Å²) < 4.78 is 1.51. The van der Waals surface area contributed by atoms with Crippen LogP contribution in [0.5, 0.6) is 0 Å². The number of aromatic amines is 1. The number of amides is 1. The zero-order valence-corrected chi connectivity index (χ0v) is 23.1. The summed E-state index contributed by atoms with van der Waals surface area (Å²) >= 11 is 1.52. The van der Waals surface area contributed by atoms with Gasteiger partial charge in [0, 0.05) is 46.9 Å². The number of fused-ring (bicyclic) bond motifs is 1. The maximum atomic E-state index is 13.2. The standard InChI is InChI=1S/C27H28N10O2S/c1-14(10-18-6-4-15(2)36(18)27(39)24-31-13-32-35-24)22-21(16(3)38)23(28)37-25(34-22)19(12-33-37)17-5-7-20(30-11-17)26-29-8-9-40-26/h5,7-9,11-15,18H,4,6,10,28H2,1-3H3,(H,31,32,35). The Morgan fingerprint density at radius 1 is 1.20 bits per heavy atom. The third-order valence-electron chi connectivity index (χ3n) is 7.52. The van der Waals surface area contributed by atoms with Crippen molar-refractivity contribution in [1.82, 2.24) is 44.6 Å². The van der Waals surface area contributed by atoms with Gasteiger partial charge in [0.1, 0.15) is 17.2 Å². The number of rotatable bonds is 7. The monoisotopic (exact) mass is 556 g/mol. The molecule has 0 radical (unpaired) electrons. The molecule has 1 aliphatic heterocycles. The fourth-order valence-corrected chi connectivity index (χ4v) is 6.22. The van der Waals surface area contributed by atoms with Crippen LogP contribution in [0.4, 0.5) is 5.82 Å². The molecular weight excluding hydrogens is 528 g/mol. The number of hydrogen-bond donors (Lipinski definition) is 2. The summed E-state index contributed by atoms with van der Waals surface area (Å²) in [6.07, 6.45) is 8.86. The van der Waals surface area contributed by atoms with Crippen molar-refractivity contribution >= 4 is 34.5 Å². The van der Waals surface area contributed by atoms with Crippen molar-refractivity contribution in [2.24, 2.45) is 0 Å². The Kier molecular flexibility index (Phi) is 6.58. The van der Waals surface area contributed by atoms with Gasteiger partial charge in [-0.15, -0.1) is 11.3 Å². The van der Waals surface area contributed by atoms with Gasteiger partial charge >= 0.3 is 0 Å². The molecule has 6 heterocycles. The molecule has 1 amide bonds. The Morgan fingerprint density at radius 3 is 2.73 bits per heavy atom. The number of carbonyl (C=O) groups excluding carboxylic acids is 2. The number of likely N-dealkylation sites (tertiary alicyclic amines) is 1. The molecule has 0 aromatic carbocycles. The minimum absolute atomic E-state index is 0.0476. The molecule has 13 heteroatoms. The number of aromatic nitrogens is 8.